The first-order chi connectivity index (χ1) is 15.4. The summed E-state index contributed by atoms with van der Waals surface area (Å²) >= 11 is 2.65. The van der Waals surface area contributed by atoms with Gasteiger partial charge in [-0.3, -0.25) is 14.2 Å². The molecule has 3 aromatic rings. The van der Waals surface area contributed by atoms with Crippen LogP contribution in [0.15, 0.2) is 46.9 Å². The van der Waals surface area contributed by atoms with Crippen molar-refractivity contribution in [2.24, 2.45) is 0 Å². The Bertz CT molecular complexity index is 1230. The number of benzene rings is 1. The summed E-state index contributed by atoms with van der Waals surface area (Å²) in [4.78, 5) is 43.0. The zero-order chi connectivity index (χ0) is 23.3. The number of thioether (sulfide) groups is 1. The molecule has 0 aliphatic rings. The topological polar surface area (TPSA) is 111 Å². The molecule has 168 valence electrons. The smallest absolute Gasteiger partial charge is 0.339 e. The largest absolute Gasteiger partial charge is 0.496 e. The lowest BCUT2D eigenvalue weighted by Gasteiger charge is -2.11. The van der Waals surface area contributed by atoms with Gasteiger partial charge in [-0.1, -0.05) is 30.8 Å². The van der Waals surface area contributed by atoms with E-state index in [4.69, 9.17) is 4.74 Å². The molecule has 2 heterocycles. The van der Waals surface area contributed by atoms with Gasteiger partial charge in [-0.05, 0) is 30.2 Å². The van der Waals surface area contributed by atoms with E-state index in [9.17, 15) is 19.5 Å². The van der Waals surface area contributed by atoms with Gasteiger partial charge in [0.25, 0.3) is 5.56 Å². The minimum absolute atomic E-state index is 0.0296. The molecular formula is C22H23N3O5S2. The molecule has 0 aliphatic carbocycles. The Morgan fingerprint density at radius 3 is 2.81 bits per heavy atom. The number of hydrogen-bond acceptors (Lipinski definition) is 7. The summed E-state index contributed by atoms with van der Waals surface area (Å²) in [6.07, 6.45) is 2.44. The molecular weight excluding hydrogens is 450 g/mol. The third kappa shape index (κ3) is 5.20. The van der Waals surface area contributed by atoms with E-state index in [1.807, 2.05) is 13.0 Å². The number of amides is 1. The predicted octanol–water partition coefficient (Wildman–Crippen LogP) is 3.32. The van der Waals surface area contributed by atoms with Crippen LogP contribution in [0.25, 0.3) is 10.2 Å². The van der Waals surface area contributed by atoms with Gasteiger partial charge in [0.05, 0.1) is 18.2 Å². The van der Waals surface area contributed by atoms with Crippen LogP contribution in [0.1, 0.15) is 27.7 Å². The monoisotopic (exact) mass is 473 g/mol. The van der Waals surface area contributed by atoms with E-state index in [2.05, 4.69) is 16.9 Å². The van der Waals surface area contributed by atoms with Gasteiger partial charge in [0.2, 0.25) is 5.91 Å². The number of carboxylic acid groups (broad SMARTS) is 1. The summed E-state index contributed by atoms with van der Waals surface area (Å²) in [5.41, 5.74) is 0.519. The van der Waals surface area contributed by atoms with Crippen LogP contribution in [-0.4, -0.2) is 39.4 Å². The summed E-state index contributed by atoms with van der Waals surface area (Å²) in [5.74, 6) is -1.05. The summed E-state index contributed by atoms with van der Waals surface area (Å²) < 4.78 is 6.56. The fraction of sp³-hybridized carbons (Fsp3) is 0.273. The number of carboxylic acids is 1. The molecule has 2 N–H and O–H groups in total. The van der Waals surface area contributed by atoms with Crippen molar-refractivity contribution in [3.8, 4) is 5.75 Å². The Kier molecular flexibility index (Phi) is 7.70. The first kappa shape index (κ1) is 23.6. The van der Waals surface area contributed by atoms with Gasteiger partial charge < -0.3 is 15.2 Å². The summed E-state index contributed by atoms with van der Waals surface area (Å²) in [6, 6.07) is 6.58. The maximum absolute atomic E-state index is 12.9. The Labute approximate surface area is 192 Å². The molecule has 3 rings (SSSR count). The van der Waals surface area contributed by atoms with E-state index in [1.54, 1.807) is 18.2 Å². The number of nitrogens with zero attached hydrogens (tertiary/aromatic N) is 2. The summed E-state index contributed by atoms with van der Waals surface area (Å²) in [5, 5.41) is 13.1. The number of carbonyl (C=O) groups is 2. The van der Waals surface area contributed by atoms with Gasteiger partial charge >= 0.3 is 5.97 Å². The summed E-state index contributed by atoms with van der Waals surface area (Å²) in [7, 11) is 1.40. The van der Waals surface area contributed by atoms with Gasteiger partial charge in [-0.15, -0.1) is 17.9 Å². The molecule has 0 radical (unpaired) electrons. The van der Waals surface area contributed by atoms with Gasteiger partial charge in [0.1, 0.15) is 16.1 Å². The minimum atomic E-state index is -1.10. The molecule has 0 fully saturated rings. The molecule has 32 heavy (non-hydrogen) atoms. The van der Waals surface area contributed by atoms with Crippen molar-refractivity contribution in [3.05, 3.63) is 63.3 Å². The molecule has 0 aliphatic heterocycles. The standard InChI is InChI=1S/C22H23N3O5S2/c1-4-8-25-20(27)16-10-14(5-2)32-19(16)24-22(25)31-12-18(26)23-11-13-6-7-17(30-3)15(9-13)21(28)29/h4,6-7,9-10H,1,5,8,11-12H2,2-3H3,(H,23,26)(H,28,29). The van der Waals surface area contributed by atoms with Crippen LogP contribution in [0.5, 0.6) is 5.75 Å². The van der Waals surface area contributed by atoms with Crippen LogP contribution >= 0.6 is 23.1 Å². The zero-order valence-electron chi connectivity index (χ0n) is 17.7. The molecule has 8 nitrogen and oxygen atoms in total. The molecule has 2 aromatic heterocycles. The maximum atomic E-state index is 12.9. The van der Waals surface area contributed by atoms with Crippen molar-refractivity contribution in [2.75, 3.05) is 12.9 Å². The van der Waals surface area contributed by atoms with Crippen LogP contribution < -0.4 is 15.6 Å². The maximum Gasteiger partial charge on any atom is 0.339 e. The summed E-state index contributed by atoms with van der Waals surface area (Å²) in [6.45, 7) is 6.19. The van der Waals surface area contributed by atoms with Crippen LogP contribution in [-0.2, 0) is 24.3 Å². The quantitative estimate of drug-likeness (QED) is 0.264. The van der Waals surface area contributed by atoms with E-state index in [0.29, 0.717) is 27.5 Å². The van der Waals surface area contributed by atoms with E-state index in [1.165, 1.54) is 40.8 Å². The van der Waals surface area contributed by atoms with Crippen molar-refractivity contribution in [2.45, 2.75) is 31.6 Å². The van der Waals surface area contributed by atoms with E-state index >= 15 is 0 Å². The number of methoxy groups -OCH3 is 1. The number of carbonyl (C=O) groups excluding carboxylic acids is 1. The highest BCUT2D eigenvalue weighted by Crippen LogP contribution is 2.25. The Hall–Kier alpha value is -3.11. The number of hydrogen-bond donors (Lipinski definition) is 2. The fourth-order valence-corrected chi connectivity index (χ4v) is 4.88. The second kappa shape index (κ2) is 10.5. The zero-order valence-corrected chi connectivity index (χ0v) is 19.3. The molecule has 1 aromatic carbocycles. The second-order valence-corrected chi connectivity index (χ2v) is 8.85. The van der Waals surface area contributed by atoms with Gasteiger partial charge in [-0.25, -0.2) is 9.78 Å². The van der Waals surface area contributed by atoms with Gasteiger partial charge in [0.15, 0.2) is 5.16 Å². The first-order valence-corrected chi connectivity index (χ1v) is 11.6. The molecule has 0 atom stereocenters. The van der Waals surface area contributed by atoms with Crippen LogP contribution in [0.4, 0.5) is 0 Å². The fourth-order valence-electron chi connectivity index (χ4n) is 3.04. The highest BCUT2D eigenvalue weighted by atomic mass is 32.2. The molecule has 0 spiro atoms. The molecule has 10 heteroatoms. The minimum Gasteiger partial charge on any atom is -0.496 e. The number of nitrogens with one attached hydrogen (secondary N) is 1. The van der Waals surface area contributed by atoms with Crippen LogP contribution in [0, 0.1) is 0 Å². The number of aromatic carboxylic acids is 1. The van der Waals surface area contributed by atoms with Crippen molar-refractivity contribution < 1.29 is 19.4 Å². The third-order valence-corrected chi connectivity index (χ3v) is 6.79. The van der Waals surface area contributed by atoms with Crippen molar-refractivity contribution in [3.63, 3.8) is 0 Å². The van der Waals surface area contributed by atoms with E-state index in [-0.39, 0.29) is 35.1 Å². The van der Waals surface area contributed by atoms with Crippen LogP contribution in [0.3, 0.4) is 0 Å². The van der Waals surface area contributed by atoms with E-state index < -0.39 is 5.97 Å². The number of aromatic nitrogens is 2. The average Bonchev–Trinajstić information content (AvgIpc) is 3.21. The number of fused-ring (bicyclic) bond motifs is 1. The number of aryl methyl sites for hydroxylation is 1. The molecule has 0 saturated carbocycles. The molecule has 0 bridgehead atoms. The average molecular weight is 474 g/mol. The number of allylic oxidation sites excluding steroid dienone is 1. The Balaban J connectivity index is 1.71. The van der Waals surface area contributed by atoms with E-state index in [0.717, 1.165) is 11.3 Å². The normalized spacial score (nSPS) is 10.8. The molecule has 1 amide bonds. The first-order valence-electron chi connectivity index (χ1n) is 9.81. The van der Waals surface area contributed by atoms with Gasteiger partial charge in [0, 0.05) is 18.0 Å². The third-order valence-electron chi connectivity index (χ3n) is 4.64. The second-order valence-electron chi connectivity index (χ2n) is 6.79. The predicted molar refractivity (Wildman–Crippen MR) is 126 cm³/mol. The lowest BCUT2D eigenvalue weighted by molar-refractivity contribution is -0.118. The highest BCUT2D eigenvalue weighted by Gasteiger charge is 2.16. The lowest BCUT2D eigenvalue weighted by Crippen LogP contribution is -2.26. The number of thiophene rings is 1. The number of ether oxygens (including phenoxy) is 1. The SMILES string of the molecule is C=CCn1c(SCC(=O)NCc2ccc(OC)c(C(=O)O)c2)nc2sc(CC)cc2c1=O. The van der Waals surface area contributed by atoms with Crippen LogP contribution in [0.2, 0.25) is 0 Å². The van der Waals surface area contributed by atoms with Gasteiger partial charge in [-0.2, -0.15) is 0 Å². The van der Waals surface area contributed by atoms with Crippen molar-refractivity contribution in [1.29, 1.82) is 0 Å². The Morgan fingerprint density at radius 1 is 1.38 bits per heavy atom. The Morgan fingerprint density at radius 2 is 2.16 bits per heavy atom. The number of rotatable bonds is 10. The highest BCUT2D eigenvalue weighted by molar-refractivity contribution is 7.99. The van der Waals surface area contributed by atoms with Crippen molar-refractivity contribution >= 4 is 45.2 Å². The molecule has 0 saturated heterocycles. The lowest BCUT2D eigenvalue weighted by atomic mass is 10.1. The van der Waals surface area contributed by atoms with Crippen molar-refractivity contribution in [1.82, 2.24) is 14.9 Å². The molecule has 0 unspecified atom stereocenters.